The highest BCUT2D eigenvalue weighted by molar-refractivity contribution is 5.94. The maximum absolute atomic E-state index is 13.2. The Morgan fingerprint density at radius 1 is 1.03 bits per heavy atom. The Balaban J connectivity index is 1.25. The minimum atomic E-state index is -0.508. The fourth-order valence-corrected chi connectivity index (χ4v) is 4.83. The smallest absolute Gasteiger partial charge is 0.339 e. The van der Waals surface area contributed by atoms with Crippen molar-refractivity contribution in [2.75, 3.05) is 0 Å². The van der Waals surface area contributed by atoms with Gasteiger partial charge in [0.25, 0.3) is 0 Å². The molecule has 0 saturated heterocycles. The van der Waals surface area contributed by atoms with Gasteiger partial charge in [-0.3, -0.25) is 0 Å². The summed E-state index contributed by atoms with van der Waals surface area (Å²) in [5.41, 5.74) is 3.32. The van der Waals surface area contributed by atoms with E-state index in [4.69, 9.17) is 9.72 Å². The van der Waals surface area contributed by atoms with Crippen LogP contribution in [0.4, 0.5) is 4.39 Å². The first-order chi connectivity index (χ1) is 15.1. The maximum Gasteiger partial charge on any atom is 0.339 e. The Hall–Kier alpha value is -3.61. The molecule has 1 aliphatic carbocycles. The molecule has 1 N–H and O–H groups in total. The third-order valence-corrected chi connectivity index (χ3v) is 6.47. The molecule has 0 radical (unpaired) electrons. The SMILES string of the molecule is O=C1OC2(CCC(c3nc4cnc(-c5ccc(F)cc5)nc4[nH]3)CC2)c2ccccc21. The number of aromatic nitrogens is 4. The fraction of sp³-hybridized carbons (Fsp3) is 0.250. The van der Waals surface area contributed by atoms with Crippen molar-refractivity contribution in [3.63, 3.8) is 0 Å². The van der Waals surface area contributed by atoms with Gasteiger partial charge < -0.3 is 9.72 Å². The summed E-state index contributed by atoms with van der Waals surface area (Å²) in [6.45, 7) is 0. The number of nitrogens with zero attached hydrogens (tertiary/aromatic N) is 3. The molecule has 3 heterocycles. The average molecular weight is 414 g/mol. The molecule has 1 saturated carbocycles. The van der Waals surface area contributed by atoms with E-state index in [2.05, 4.69) is 15.0 Å². The number of hydrogen-bond acceptors (Lipinski definition) is 5. The maximum atomic E-state index is 13.2. The highest BCUT2D eigenvalue weighted by atomic mass is 19.1. The molecule has 0 atom stereocenters. The standard InChI is InChI=1S/C24H19FN4O2/c25-16-7-5-14(6-8-16)20-26-13-19-22(28-20)29-21(27-19)15-9-11-24(12-10-15)18-4-2-1-3-17(18)23(30)31-24/h1-8,13,15H,9-12H2,(H,26,27,28,29). The number of aromatic amines is 1. The molecule has 1 fully saturated rings. The van der Waals surface area contributed by atoms with E-state index in [9.17, 15) is 9.18 Å². The molecular formula is C24H19FN4O2. The zero-order valence-corrected chi connectivity index (χ0v) is 16.6. The number of fused-ring (bicyclic) bond motifs is 3. The summed E-state index contributed by atoms with van der Waals surface area (Å²) in [4.78, 5) is 29.3. The molecule has 0 unspecified atom stereocenters. The summed E-state index contributed by atoms with van der Waals surface area (Å²) in [6, 6.07) is 13.8. The number of benzene rings is 2. The van der Waals surface area contributed by atoms with Gasteiger partial charge in [-0.25, -0.2) is 24.1 Å². The molecule has 2 aromatic carbocycles. The van der Waals surface area contributed by atoms with Crippen LogP contribution in [0.1, 0.15) is 53.3 Å². The molecule has 6 rings (SSSR count). The number of imidazole rings is 1. The highest BCUT2D eigenvalue weighted by Crippen LogP contribution is 2.49. The Kier molecular flexibility index (Phi) is 3.93. The molecule has 4 aromatic rings. The Bertz CT molecular complexity index is 1310. The van der Waals surface area contributed by atoms with Gasteiger partial charge in [0, 0.05) is 17.0 Å². The van der Waals surface area contributed by atoms with Crippen LogP contribution in [0.25, 0.3) is 22.6 Å². The topological polar surface area (TPSA) is 80.8 Å². The van der Waals surface area contributed by atoms with Crippen molar-refractivity contribution >= 4 is 17.1 Å². The number of halogens is 1. The summed E-state index contributed by atoms with van der Waals surface area (Å²) >= 11 is 0. The van der Waals surface area contributed by atoms with Gasteiger partial charge in [-0.15, -0.1) is 0 Å². The minimum Gasteiger partial charge on any atom is -0.451 e. The quantitative estimate of drug-likeness (QED) is 0.473. The number of nitrogens with one attached hydrogen (secondary N) is 1. The van der Waals surface area contributed by atoms with Crippen LogP contribution < -0.4 is 0 Å². The molecule has 1 spiro atoms. The van der Waals surface area contributed by atoms with Crippen LogP contribution in [0, 0.1) is 5.82 Å². The first-order valence-corrected chi connectivity index (χ1v) is 10.4. The van der Waals surface area contributed by atoms with Gasteiger partial charge in [0.05, 0.1) is 11.8 Å². The normalized spacial score (nSPS) is 22.6. The molecule has 154 valence electrons. The van der Waals surface area contributed by atoms with E-state index < -0.39 is 5.60 Å². The van der Waals surface area contributed by atoms with E-state index in [-0.39, 0.29) is 17.7 Å². The van der Waals surface area contributed by atoms with Gasteiger partial charge in [0.1, 0.15) is 22.8 Å². The lowest BCUT2D eigenvalue weighted by atomic mass is 9.75. The Morgan fingerprint density at radius 3 is 2.61 bits per heavy atom. The third-order valence-electron chi connectivity index (χ3n) is 6.47. The second kappa shape index (κ2) is 6.70. The lowest BCUT2D eigenvalue weighted by Crippen LogP contribution is -2.31. The Labute approximate surface area is 177 Å². The van der Waals surface area contributed by atoms with Crippen LogP contribution in [0.5, 0.6) is 0 Å². The van der Waals surface area contributed by atoms with E-state index in [0.29, 0.717) is 22.6 Å². The minimum absolute atomic E-state index is 0.221. The second-order valence-electron chi connectivity index (χ2n) is 8.26. The molecule has 2 aliphatic rings. The monoisotopic (exact) mass is 414 g/mol. The van der Waals surface area contributed by atoms with Crippen LogP contribution in [-0.4, -0.2) is 25.9 Å². The summed E-state index contributed by atoms with van der Waals surface area (Å²) in [5, 5.41) is 0. The van der Waals surface area contributed by atoms with E-state index >= 15 is 0 Å². The first kappa shape index (κ1) is 18.2. The molecule has 2 aromatic heterocycles. The third kappa shape index (κ3) is 2.91. The first-order valence-electron chi connectivity index (χ1n) is 10.4. The number of carbonyl (C=O) groups is 1. The summed E-state index contributed by atoms with van der Waals surface area (Å²) in [7, 11) is 0. The summed E-state index contributed by atoms with van der Waals surface area (Å²) in [6.07, 6.45) is 4.95. The molecule has 1 aliphatic heterocycles. The molecule has 31 heavy (non-hydrogen) atoms. The van der Waals surface area contributed by atoms with Gasteiger partial charge in [-0.1, -0.05) is 18.2 Å². The van der Waals surface area contributed by atoms with Crippen LogP contribution in [0.2, 0.25) is 0 Å². The molecular weight excluding hydrogens is 395 g/mol. The van der Waals surface area contributed by atoms with Gasteiger partial charge in [-0.05, 0) is 56.0 Å². The number of esters is 1. The van der Waals surface area contributed by atoms with E-state index in [1.165, 1.54) is 12.1 Å². The largest absolute Gasteiger partial charge is 0.451 e. The van der Waals surface area contributed by atoms with Crippen molar-refractivity contribution in [2.24, 2.45) is 0 Å². The van der Waals surface area contributed by atoms with Crippen LogP contribution >= 0.6 is 0 Å². The number of carbonyl (C=O) groups excluding carboxylic acids is 1. The zero-order chi connectivity index (χ0) is 21.0. The van der Waals surface area contributed by atoms with Gasteiger partial charge in [0.15, 0.2) is 11.5 Å². The Morgan fingerprint density at radius 2 is 1.81 bits per heavy atom. The van der Waals surface area contributed by atoms with Crippen molar-refractivity contribution in [2.45, 2.75) is 37.2 Å². The molecule has 6 nitrogen and oxygen atoms in total. The lowest BCUT2D eigenvalue weighted by molar-refractivity contribution is -0.0312. The number of ether oxygens (including phenoxy) is 1. The van der Waals surface area contributed by atoms with Crippen molar-refractivity contribution in [1.82, 2.24) is 19.9 Å². The molecule has 0 bridgehead atoms. The van der Waals surface area contributed by atoms with E-state index in [0.717, 1.165) is 42.6 Å². The van der Waals surface area contributed by atoms with Gasteiger partial charge in [0.2, 0.25) is 0 Å². The fourth-order valence-electron chi connectivity index (χ4n) is 4.83. The molecule has 7 heteroatoms. The lowest BCUT2D eigenvalue weighted by Gasteiger charge is -2.35. The van der Waals surface area contributed by atoms with Crippen molar-refractivity contribution < 1.29 is 13.9 Å². The number of H-pyrrole nitrogens is 1. The number of rotatable bonds is 2. The summed E-state index contributed by atoms with van der Waals surface area (Å²) in [5.74, 6) is 1.13. The predicted octanol–water partition coefficient (Wildman–Crippen LogP) is 4.88. The average Bonchev–Trinajstić information content (AvgIpc) is 3.34. The van der Waals surface area contributed by atoms with E-state index in [1.54, 1.807) is 18.3 Å². The number of hydrogen-bond donors (Lipinski definition) is 1. The zero-order valence-electron chi connectivity index (χ0n) is 16.6. The highest BCUT2D eigenvalue weighted by Gasteiger charge is 2.47. The van der Waals surface area contributed by atoms with Gasteiger partial charge in [-0.2, -0.15) is 0 Å². The van der Waals surface area contributed by atoms with E-state index in [1.807, 2.05) is 24.3 Å². The van der Waals surface area contributed by atoms with Crippen LogP contribution in [-0.2, 0) is 10.3 Å². The van der Waals surface area contributed by atoms with Gasteiger partial charge >= 0.3 is 5.97 Å². The predicted molar refractivity (Wildman–Crippen MR) is 112 cm³/mol. The van der Waals surface area contributed by atoms with Crippen molar-refractivity contribution in [3.05, 3.63) is 77.5 Å². The van der Waals surface area contributed by atoms with Crippen molar-refractivity contribution in [3.8, 4) is 11.4 Å². The molecule has 0 amide bonds. The summed E-state index contributed by atoms with van der Waals surface area (Å²) < 4.78 is 19.1. The second-order valence-corrected chi connectivity index (χ2v) is 8.26. The van der Waals surface area contributed by atoms with Crippen molar-refractivity contribution in [1.29, 1.82) is 0 Å². The van der Waals surface area contributed by atoms with Crippen LogP contribution in [0.15, 0.2) is 54.7 Å². The van der Waals surface area contributed by atoms with Crippen LogP contribution in [0.3, 0.4) is 0 Å².